The van der Waals surface area contributed by atoms with Gasteiger partial charge in [0.25, 0.3) is 0 Å². The molecule has 0 fully saturated rings. The van der Waals surface area contributed by atoms with E-state index in [1.165, 1.54) is 49.1 Å². The fourth-order valence-electron chi connectivity index (χ4n) is 6.54. The summed E-state index contributed by atoms with van der Waals surface area (Å²) in [7, 11) is 2.16. The maximum absolute atomic E-state index is 2.37. The molecule has 8 aromatic carbocycles. The Morgan fingerprint density at radius 1 is 0.333 bits per heavy atom. The monoisotopic (exact) mass is 576 g/mol. The van der Waals surface area contributed by atoms with Gasteiger partial charge >= 0.3 is 0 Å². The first-order chi connectivity index (χ1) is 22.2. The predicted molar refractivity (Wildman–Crippen MR) is 194 cm³/mol. The molecule has 2 heteroatoms. The van der Waals surface area contributed by atoms with Crippen molar-refractivity contribution in [1.82, 2.24) is 0 Å². The minimum absolute atomic E-state index is 1.11. The number of rotatable bonds is 6. The van der Waals surface area contributed by atoms with Crippen LogP contribution in [0.1, 0.15) is 0 Å². The zero-order valence-corrected chi connectivity index (χ0v) is 25.1. The zero-order valence-electron chi connectivity index (χ0n) is 25.1. The number of benzene rings is 8. The minimum Gasteiger partial charge on any atom is -0.344 e. The van der Waals surface area contributed by atoms with Crippen LogP contribution in [0.25, 0.3) is 43.4 Å². The second-order valence-corrected chi connectivity index (χ2v) is 11.5. The van der Waals surface area contributed by atoms with Crippen molar-refractivity contribution in [3.05, 3.63) is 176 Å². The van der Waals surface area contributed by atoms with Gasteiger partial charge in [-0.25, -0.2) is 0 Å². The summed E-state index contributed by atoms with van der Waals surface area (Å²) in [6, 6.07) is 63.2. The summed E-state index contributed by atoms with van der Waals surface area (Å²) in [4.78, 5) is 4.67. The van der Waals surface area contributed by atoms with E-state index < -0.39 is 0 Å². The van der Waals surface area contributed by atoms with Crippen LogP contribution in [0, 0.1) is 0 Å². The van der Waals surface area contributed by atoms with Gasteiger partial charge in [0.05, 0.1) is 5.69 Å². The fourth-order valence-corrected chi connectivity index (χ4v) is 6.54. The van der Waals surface area contributed by atoms with Gasteiger partial charge in [0.15, 0.2) is 0 Å². The molecule has 214 valence electrons. The van der Waals surface area contributed by atoms with Gasteiger partial charge in [0, 0.05) is 40.6 Å². The predicted octanol–water partition coefficient (Wildman–Crippen LogP) is 12.1. The molecule has 0 spiro atoms. The van der Waals surface area contributed by atoms with Gasteiger partial charge in [-0.2, -0.15) is 0 Å². The average molecular weight is 577 g/mol. The first-order valence-corrected chi connectivity index (χ1v) is 15.4. The van der Waals surface area contributed by atoms with Crippen LogP contribution in [0.5, 0.6) is 0 Å². The zero-order chi connectivity index (χ0) is 30.2. The molecule has 0 aliphatic carbocycles. The summed E-state index contributed by atoms with van der Waals surface area (Å²) >= 11 is 0. The quantitative estimate of drug-likeness (QED) is 0.182. The van der Waals surface area contributed by atoms with E-state index in [0.29, 0.717) is 0 Å². The third-order valence-electron chi connectivity index (χ3n) is 8.84. The molecule has 0 atom stereocenters. The van der Waals surface area contributed by atoms with E-state index in [9.17, 15) is 0 Å². The molecule has 0 saturated carbocycles. The van der Waals surface area contributed by atoms with Gasteiger partial charge in [-0.1, -0.05) is 127 Å². The fraction of sp³-hybridized carbons (Fsp3) is 0.0233. The van der Waals surface area contributed by atoms with Crippen molar-refractivity contribution in [3.63, 3.8) is 0 Å². The van der Waals surface area contributed by atoms with E-state index in [-0.39, 0.29) is 0 Å². The normalized spacial score (nSPS) is 11.2. The summed E-state index contributed by atoms with van der Waals surface area (Å²) in [6.07, 6.45) is 0. The average Bonchev–Trinajstić information content (AvgIpc) is 3.12. The first kappa shape index (κ1) is 26.7. The second kappa shape index (κ2) is 11.3. The lowest BCUT2D eigenvalue weighted by molar-refractivity contribution is 1.22. The first-order valence-electron chi connectivity index (χ1n) is 15.4. The molecule has 0 unspecified atom stereocenters. The molecule has 0 radical (unpaired) electrons. The van der Waals surface area contributed by atoms with Crippen LogP contribution in [-0.4, -0.2) is 7.05 Å². The highest BCUT2D eigenvalue weighted by Crippen LogP contribution is 2.41. The van der Waals surface area contributed by atoms with Crippen LogP contribution in [0.4, 0.5) is 28.4 Å². The molecule has 8 rings (SSSR count). The summed E-state index contributed by atoms with van der Waals surface area (Å²) in [5.41, 5.74) is 8.14. The molecule has 0 heterocycles. The Kier molecular flexibility index (Phi) is 6.73. The summed E-state index contributed by atoms with van der Waals surface area (Å²) in [5, 5.41) is 7.49. The Bertz CT molecular complexity index is 2260. The molecule has 8 aromatic rings. The molecule has 45 heavy (non-hydrogen) atoms. The van der Waals surface area contributed by atoms with Crippen molar-refractivity contribution < 1.29 is 0 Å². The lowest BCUT2D eigenvalue weighted by Crippen LogP contribution is -2.12. The summed E-state index contributed by atoms with van der Waals surface area (Å²) in [6.45, 7) is 0. The standard InChI is InChI=1S/C43H32N2/c1-44(43-30-34-15-6-7-17-38(34)40-19-9-10-20-41(40)43)35-26-28-37(29-27-35)45(42-21-11-16-33-14-5-8-18-39(33)42)36-24-22-32(23-25-36)31-12-3-2-4-13-31/h2-30H,1H3. The highest BCUT2D eigenvalue weighted by Gasteiger charge is 2.17. The molecule has 0 N–H and O–H groups in total. The molecular formula is C43H32N2. The maximum atomic E-state index is 2.37. The number of fused-ring (bicyclic) bond motifs is 4. The summed E-state index contributed by atoms with van der Waals surface area (Å²) < 4.78 is 0. The largest absolute Gasteiger partial charge is 0.344 e. The Balaban J connectivity index is 1.22. The highest BCUT2D eigenvalue weighted by atomic mass is 15.1. The van der Waals surface area contributed by atoms with Crippen LogP contribution in [0.15, 0.2) is 176 Å². The van der Waals surface area contributed by atoms with Crippen molar-refractivity contribution in [2.75, 3.05) is 16.8 Å². The Morgan fingerprint density at radius 2 is 0.844 bits per heavy atom. The molecule has 0 saturated heterocycles. The smallest absolute Gasteiger partial charge is 0.0540 e. The van der Waals surface area contributed by atoms with Crippen molar-refractivity contribution in [1.29, 1.82) is 0 Å². The molecule has 0 amide bonds. The van der Waals surface area contributed by atoms with Gasteiger partial charge in [0.1, 0.15) is 0 Å². The molecule has 2 nitrogen and oxygen atoms in total. The van der Waals surface area contributed by atoms with Gasteiger partial charge in [-0.05, 0) is 81.2 Å². The van der Waals surface area contributed by atoms with Crippen molar-refractivity contribution in [3.8, 4) is 11.1 Å². The molecular weight excluding hydrogens is 544 g/mol. The van der Waals surface area contributed by atoms with E-state index >= 15 is 0 Å². The van der Waals surface area contributed by atoms with Gasteiger partial charge in [0.2, 0.25) is 0 Å². The third-order valence-corrected chi connectivity index (χ3v) is 8.84. The van der Waals surface area contributed by atoms with Gasteiger partial charge in [-0.3, -0.25) is 0 Å². The van der Waals surface area contributed by atoms with E-state index in [0.717, 1.165) is 22.7 Å². The number of anilines is 5. The number of hydrogen-bond acceptors (Lipinski definition) is 2. The van der Waals surface area contributed by atoms with Crippen LogP contribution in [-0.2, 0) is 0 Å². The molecule has 0 aromatic heterocycles. The second-order valence-electron chi connectivity index (χ2n) is 11.5. The summed E-state index contributed by atoms with van der Waals surface area (Å²) in [5.74, 6) is 0. The van der Waals surface area contributed by atoms with Gasteiger partial charge < -0.3 is 9.80 Å². The molecule has 0 aliphatic rings. The maximum Gasteiger partial charge on any atom is 0.0540 e. The van der Waals surface area contributed by atoms with E-state index in [1.807, 2.05) is 0 Å². The number of hydrogen-bond donors (Lipinski definition) is 0. The van der Waals surface area contributed by atoms with Gasteiger partial charge in [-0.15, -0.1) is 0 Å². The lowest BCUT2D eigenvalue weighted by Gasteiger charge is -2.28. The lowest BCUT2D eigenvalue weighted by atomic mass is 9.99. The topological polar surface area (TPSA) is 6.48 Å². The van der Waals surface area contributed by atoms with E-state index in [1.54, 1.807) is 0 Å². The van der Waals surface area contributed by atoms with E-state index in [4.69, 9.17) is 0 Å². The molecule has 0 bridgehead atoms. The van der Waals surface area contributed by atoms with E-state index in [2.05, 4.69) is 193 Å². The van der Waals surface area contributed by atoms with Crippen LogP contribution >= 0.6 is 0 Å². The Morgan fingerprint density at radius 3 is 1.58 bits per heavy atom. The molecule has 0 aliphatic heterocycles. The Labute approximate surface area is 264 Å². The van der Waals surface area contributed by atoms with Crippen LogP contribution in [0.2, 0.25) is 0 Å². The van der Waals surface area contributed by atoms with Crippen molar-refractivity contribution >= 4 is 60.8 Å². The number of nitrogens with zero attached hydrogens (tertiary/aromatic N) is 2. The minimum atomic E-state index is 1.11. The van der Waals surface area contributed by atoms with Crippen LogP contribution < -0.4 is 9.80 Å². The van der Waals surface area contributed by atoms with Crippen molar-refractivity contribution in [2.24, 2.45) is 0 Å². The third kappa shape index (κ3) is 4.87. The SMILES string of the molecule is CN(c1ccc(N(c2ccc(-c3ccccc3)cc2)c2cccc3ccccc23)cc1)c1cc2ccccc2c2ccccc12. The Hall–Kier alpha value is -5.86. The van der Waals surface area contributed by atoms with Crippen LogP contribution in [0.3, 0.4) is 0 Å². The van der Waals surface area contributed by atoms with Crippen molar-refractivity contribution in [2.45, 2.75) is 0 Å². The highest BCUT2D eigenvalue weighted by molar-refractivity contribution is 6.13.